The van der Waals surface area contributed by atoms with Crippen LogP contribution < -0.4 is 10.2 Å². The summed E-state index contributed by atoms with van der Waals surface area (Å²) in [5, 5.41) is 2.96. The fourth-order valence-corrected chi connectivity index (χ4v) is 3.37. The summed E-state index contributed by atoms with van der Waals surface area (Å²) in [4.78, 5) is 27.1. The van der Waals surface area contributed by atoms with E-state index in [2.05, 4.69) is 5.32 Å². The first-order valence-corrected chi connectivity index (χ1v) is 9.44. The van der Waals surface area contributed by atoms with Gasteiger partial charge in [0.25, 0.3) is 11.8 Å². The van der Waals surface area contributed by atoms with Crippen molar-refractivity contribution in [3.63, 3.8) is 0 Å². The van der Waals surface area contributed by atoms with Crippen LogP contribution in [0.3, 0.4) is 0 Å². The Labute approximate surface area is 176 Å². The first-order valence-electron chi connectivity index (χ1n) is 9.44. The Morgan fingerprint density at radius 1 is 0.742 bits per heavy atom. The monoisotopic (exact) mass is 422 g/mol. The van der Waals surface area contributed by atoms with Gasteiger partial charge in [-0.05, 0) is 66.9 Å². The molecular formula is C24H17F3N2O2. The van der Waals surface area contributed by atoms with Gasteiger partial charge >= 0.3 is 0 Å². The number of hydrogen-bond donors (Lipinski definition) is 1. The lowest BCUT2D eigenvalue weighted by Gasteiger charge is -2.16. The van der Waals surface area contributed by atoms with Gasteiger partial charge in [-0.2, -0.15) is 0 Å². The number of benzene rings is 3. The van der Waals surface area contributed by atoms with Gasteiger partial charge in [0, 0.05) is 11.8 Å². The first-order chi connectivity index (χ1) is 14.8. The Hall–Kier alpha value is -3.87. The van der Waals surface area contributed by atoms with Gasteiger partial charge in [0.1, 0.15) is 23.1 Å². The van der Waals surface area contributed by atoms with E-state index in [1.807, 2.05) is 26.0 Å². The number of hydrogen-bond acceptors (Lipinski definition) is 3. The van der Waals surface area contributed by atoms with Crippen LogP contribution in [0.1, 0.15) is 16.7 Å². The molecule has 1 aliphatic rings. The van der Waals surface area contributed by atoms with Gasteiger partial charge in [-0.25, -0.2) is 18.1 Å². The highest BCUT2D eigenvalue weighted by atomic mass is 19.1. The molecule has 1 aliphatic heterocycles. The Kier molecular flexibility index (Phi) is 5.10. The van der Waals surface area contributed by atoms with Gasteiger partial charge in [-0.1, -0.05) is 18.2 Å². The number of imide groups is 1. The number of halogens is 3. The maximum absolute atomic E-state index is 14.4. The minimum Gasteiger partial charge on any atom is -0.350 e. The van der Waals surface area contributed by atoms with Gasteiger partial charge in [0.2, 0.25) is 0 Å². The number of anilines is 2. The van der Waals surface area contributed by atoms with Crippen LogP contribution in [0, 0.1) is 31.3 Å². The quantitative estimate of drug-likeness (QED) is 0.594. The number of rotatable bonds is 4. The van der Waals surface area contributed by atoms with E-state index in [1.54, 1.807) is 6.07 Å². The molecule has 3 aromatic rings. The van der Waals surface area contributed by atoms with Crippen molar-refractivity contribution in [1.82, 2.24) is 0 Å². The van der Waals surface area contributed by atoms with E-state index in [0.717, 1.165) is 35.4 Å². The highest BCUT2D eigenvalue weighted by molar-refractivity contribution is 6.46. The van der Waals surface area contributed by atoms with E-state index in [4.69, 9.17) is 0 Å². The predicted molar refractivity (Wildman–Crippen MR) is 112 cm³/mol. The number of carbonyl (C=O) groups is 2. The molecule has 4 nitrogen and oxygen atoms in total. The molecular weight excluding hydrogens is 405 g/mol. The van der Waals surface area contributed by atoms with E-state index in [1.165, 1.54) is 12.1 Å². The van der Waals surface area contributed by atoms with Crippen LogP contribution in [0.25, 0.3) is 5.57 Å². The molecule has 1 heterocycles. The highest BCUT2D eigenvalue weighted by Crippen LogP contribution is 2.35. The molecule has 1 N–H and O–H groups in total. The lowest BCUT2D eigenvalue weighted by molar-refractivity contribution is -0.120. The number of nitrogens with zero attached hydrogens (tertiary/aromatic N) is 1. The summed E-state index contributed by atoms with van der Waals surface area (Å²) < 4.78 is 41.2. The fraction of sp³-hybridized carbons (Fsp3) is 0.0833. The SMILES string of the molecule is Cc1ccc(NC2=C(c3ccc(F)cc3)C(=O)N(c3ccc(F)cc3F)C2=O)cc1C. The zero-order valence-corrected chi connectivity index (χ0v) is 16.7. The number of amides is 2. The van der Waals surface area contributed by atoms with E-state index >= 15 is 0 Å². The molecule has 2 amide bonds. The molecule has 4 rings (SSSR count). The third-order valence-electron chi connectivity index (χ3n) is 5.14. The summed E-state index contributed by atoms with van der Waals surface area (Å²) in [5.41, 5.74) is 2.37. The van der Waals surface area contributed by atoms with Gasteiger partial charge in [-0.15, -0.1) is 0 Å². The average molecular weight is 422 g/mol. The number of aryl methyl sites for hydroxylation is 2. The number of nitrogens with one attached hydrogen (secondary N) is 1. The summed E-state index contributed by atoms with van der Waals surface area (Å²) in [6.45, 7) is 3.84. The topological polar surface area (TPSA) is 49.4 Å². The largest absolute Gasteiger partial charge is 0.350 e. The van der Waals surface area contributed by atoms with Crippen LogP contribution in [-0.2, 0) is 9.59 Å². The molecule has 0 fully saturated rings. The lowest BCUT2D eigenvalue weighted by atomic mass is 10.0. The predicted octanol–water partition coefficient (Wildman–Crippen LogP) is 5.12. The second kappa shape index (κ2) is 7.75. The van der Waals surface area contributed by atoms with E-state index < -0.39 is 29.3 Å². The van der Waals surface area contributed by atoms with Crippen LogP contribution >= 0.6 is 0 Å². The maximum Gasteiger partial charge on any atom is 0.282 e. The van der Waals surface area contributed by atoms with Gasteiger partial charge in [0.05, 0.1) is 11.3 Å². The zero-order valence-electron chi connectivity index (χ0n) is 16.7. The normalized spacial score (nSPS) is 13.9. The minimum absolute atomic E-state index is 0.0352. The van der Waals surface area contributed by atoms with Crippen LogP contribution in [0.5, 0.6) is 0 Å². The molecule has 7 heteroatoms. The summed E-state index contributed by atoms with van der Waals surface area (Å²) >= 11 is 0. The van der Waals surface area contributed by atoms with Crippen molar-refractivity contribution in [2.75, 3.05) is 10.2 Å². The van der Waals surface area contributed by atoms with Gasteiger partial charge in [0.15, 0.2) is 0 Å². The third kappa shape index (κ3) is 3.70. The van der Waals surface area contributed by atoms with E-state index in [0.29, 0.717) is 16.7 Å². The molecule has 0 aromatic heterocycles. The molecule has 31 heavy (non-hydrogen) atoms. The van der Waals surface area contributed by atoms with Crippen LogP contribution in [0.4, 0.5) is 24.5 Å². The van der Waals surface area contributed by atoms with E-state index in [9.17, 15) is 22.8 Å². The molecule has 0 bridgehead atoms. The Bertz CT molecular complexity index is 1250. The van der Waals surface area contributed by atoms with Crippen molar-refractivity contribution in [3.05, 3.63) is 101 Å². The summed E-state index contributed by atoms with van der Waals surface area (Å²) in [6.07, 6.45) is 0. The Morgan fingerprint density at radius 2 is 1.42 bits per heavy atom. The Morgan fingerprint density at radius 3 is 2.06 bits per heavy atom. The molecule has 0 radical (unpaired) electrons. The molecule has 3 aromatic carbocycles. The first kappa shape index (κ1) is 20.4. The van der Waals surface area contributed by atoms with Crippen LogP contribution in [-0.4, -0.2) is 11.8 Å². The second-order valence-corrected chi connectivity index (χ2v) is 7.22. The molecule has 0 atom stereocenters. The van der Waals surface area contributed by atoms with Crippen LogP contribution in [0.15, 0.2) is 66.4 Å². The highest BCUT2D eigenvalue weighted by Gasteiger charge is 2.41. The standard InChI is InChI=1S/C24H17F3N2O2/c1-13-3-9-18(11-14(13)2)28-22-21(15-4-6-16(25)7-5-15)23(30)29(24(22)31)20-10-8-17(26)12-19(20)27/h3-12,28H,1-2H3. The van der Waals surface area contributed by atoms with E-state index in [-0.39, 0.29) is 22.5 Å². The van der Waals surface area contributed by atoms with Crippen molar-refractivity contribution in [2.24, 2.45) is 0 Å². The van der Waals surface area contributed by atoms with Crippen molar-refractivity contribution >= 4 is 28.8 Å². The average Bonchev–Trinajstić information content (AvgIpc) is 2.96. The summed E-state index contributed by atoms with van der Waals surface area (Å²) in [5.74, 6) is -3.99. The third-order valence-corrected chi connectivity index (χ3v) is 5.14. The fourth-order valence-electron chi connectivity index (χ4n) is 3.37. The molecule has 156 valence electrons. The van der Waals surface area contributed by atoms with Crippen molar-refractivity contribution in [1.29, 1.82) is 0 Å². The molecule has 0 saturated carbocycles. The molecule has 0 aliphatic carbocycles. The van der Waals surface area contributed by atoms with Crippen molar-refractivity contribution in [3.8, 4) is 0 Å². The lowest BCUT2D eigenvalue weighted by Crippen LogP contribution is -2.33. The smallest absolute Gasteiger partial charge is 0.282 e. The maximum atomic E-state index is 14.4. The minimum atomic E-state index is -1.05. The van der Waals surface area contributed by atoms with Crippen LogP contribution in [0.2, 0.25) is 0 Å². The summed E-state index contributed by atoms with van der Waals surface area (Å²) in [7, 11) is 0. The van der Waals surface area contributed by atoms with Crippen molar-refractivity contribution in [2.45, 2.75) is 13.8 Å². The number of carbonyl (C=O) groups excluding carboxylic acids is 2. The van der Waals surface area contributed by atoms with Gasteiger partial charge in [-0.3, -0.25) is 9.59 Å². The zero-order chi connectivity index (χ0) is 22.3. The van der Waals surface area contributed by atoms with Gasteiger partial charge < -0.3 is 5.32 Å². The Balaban J connectivity index is 1.84. The molecule has 0 saturated heterocycles. The summed E-state index contributed by atoms with van der Waals surface area (Å²) in [6, 6.07) is 13.1. The second-order valence-electron chi connectivity index (χ2n) is 7.22. The molecule has 0 unspecified atom stereocenters. The molecule has 0 spiro atoms. The van der Waals surface area contributed by atoms with Crippen molar-refractivity contribution < 1.29 is 22.8 Å².